The van der Waals surface area contributed by atoms with Crippen molar-refractivity contribution in [1.29, 1.82) is 0 Å². The molecule has 0 amide bonds. The summed E-state index contributed by atoms with van der Waals surface area (Å²) in [7, 11) is 0. The highest BCUT2D eigenvalue weighted by Crippen LogP contribution is 2.44. The summed E-state index contributed by atoms with van der Waals surface area (Å²) in [5, 5.41) is 4.93. The van der Waals surface area contributed by atoms with Crippen molar-refractivity contribution in [1.82, 2.24) is 4.57 Å². The first-order valence-corrected chi connectivity index (χ1v) is 14.7. The molecule has 41 heavy (non-hydrogen) atoms. The van der Waals surface area contributed by atoms with Crippen LogP contribution in [-0.4, -0.2) is 4.57 Å². The highest BCUT2D eigenvalue weighted by Gasteiger charge is 2.21. The fourth-order valence-electron chi connectivity index (χ4n) is 6.44. The van der Waals surface area contributed by atoms with E-state index in [1.54, 1.807) is 0 Å². The molecule has 0 radical (unpaired) electrons. The van der Waals surface area contributed by atoms with E-state index in [0.717, 1.165) is 38.7 Å². The van der Waals surface area contributed by atoms with Crippen LogP contribution < -0.4 is 0 Å². The number of aromatic nitrogens is 1. The second kappa shape index (κ2) is 8.69. The standard InChI is InChI=1S/C38H23NOS/c1-2-10-26(11-3-1)39-31-16-6-4-12-29(31)38-37(39)36-28(14-8-17-32(36)40-38)25-22-20-24(21-23-25)27-15-9-19-34-35(27)30-13-5-7-18-33(30)41-34/h1-23H. The van der Waals surface area contributed by atoms with Gasteiger partial charge in [0.1, 0.15) is 11.1 Å². The minimum Gasteiger partial charge on any atom is -0.454 e. The van der Waals surface area contributed by atoms with Gasteiger partial charge in [-0.2, -0.15) is 0 Å². The largest absolute Gasteiger partial charge is 0.454 e. The van der Waals surface area contributed by atoms with Crippen molar-refractivity contribution in [3.8, 4) is 27.9 Å². The zero-order valence-electron chi connectivity index (χ0n) is 22.0. The maximum atomic E-state index is 6.58. The van der Waals surface area contributed by atoms with E-state index < -0.39 is 0 Å². The van der Waals surface area contributed by atoms with Crippen LogP contribution >= 0.6 is 11.3 Å². The van der Waals surface area contributed by atoms with Gasteiger partial charge in [-0.25, -0.2) is 0 Å². The Morgan fingerprint density at radius 1 is 0.488 bits per heavy atom. The molecule has 3 heteroatoms. The van der Waals surface area contributed by atoms with E-state index in [4.69, 9.17) is 4.42 Å². The Balaban J connectivity index is 1.27. The summed E-state index contributed by atoms with van der Waals surface area (Å²) in [4.78, 5) is 0. The summed E-state index contributed by atoms with van der Waals surface area (Å²) in [6.07, 6.45) is 0. The van der Waals surface area contributed by atoms with Crippen LogP contribution in [-0.2, 0) is 0 Å². The minimum absolute atomic E-state index is 0.904. The number of furan rings is 1. The third kappa shape index (κ3) is 3.30. The van der Waals surface area contributed by atoms with Gasteiger partial charge in [0, 0.05) is 31.2 Å². The number of hydrogen-bond donors (Lipinski definition) is 0. The topological polar surface area (TPSA) is 18.1 Å². The van der Waals surface area contributed by atoms with Gasteiger partial charge < -0.3 is 8.98 Å². The van der Waals surface area contributed by atoms with Crippen molar-refractivity contribution in [2.45, 2.75) is 0 Å². The molecule has 2 nitrogen and oxygen atoms in total. The summed E-state index contributed by atoms with van der Waals surface area (Å²) in [6.45, 7) is 0. The van der Waals surface area contributed by atoms with Crippen molar-refractivity contribution < 1.29 is 4.42 Å². The van der Waals surface area contributed by atoms with E-state index in [0.29, 0.717) is 0 Å². The lowest BCUT2D eigenvalue weighted by Gasteiger charge is -2.10. The third-order valence-electron chi connectivity index (χ3n) is 8.23. The van der Waals surface area contributed by atoms with Gasteiger partial charge in [-0.05, 0) is 64.7 Å². The monoisotopic (exact) mass is 541 g/mol. The summed E-state index contributed by atoms with van der Waals surface area (Å²) in [5.74, 6) is 0. The van der Waals surface area contributed by atoms with Crippen molar-refractivity contribution in [2.75, 3.05) is 0 Å². The molecule has 0 N–H and O–H groups in total. The molecule has 0 saturated heterocycles. The lowest BCUT2D eigenvalue weighted by atomic mass is 9.96. The van der Waals surface area contributed by atoms with Crippen LogP contribution in [0, 0.1) is 0 Å². The maximum absolute atomic E-state index is 6.58. The Morgan fingerprint density at radius 3 is 1.93 bits per heavy atom. The second-order valence-corrected chi connectivity index (χ2v) is 11.6. The van der Waals surface area contributed by atoms with E-state index >= 15 is 0 Å². The zero-order chi connectivity index (χ0) is 26.9. The molecule has 6 aromatic carbocycles. The molecule has 0 fully saturated rings. The smallest absolute Gasteiger partial charge is 0.161 e. The number of rotatable bonds is 3. The average Bonchev–Trinajstić information content (AvgIpc) is 3.70. The average molecular weight is 542 g/mol. The normalized spacial score (nSPS) is 11.9. The number of hydrogen-bond acceptors (Lipinski definition) is 2. The fraction of sp³-hybridized carbons (Fsp3) is 0. The Labute approximate surface area is 240 Å². The third-order valence-corrected chi connectivity index (χ3v) is 9.36. The van der Waals surface area contributed by atoms with Crippen molar-refractivity contribution in [3.63, 3.8) is 0 Å². The van der Waals surface area contributed by atoms with Crippen LogP contribution in [0.1, 0.15) is 0 Å². The van der Waals surface area contributed by atoms with Gasteiger partial charge in [0.15, 0.2) is 5.58 Å². The van der Waals surface area contributed by atoms with Gasteiger partial charge in [-0.1, -0.05) is 97.1 Å². The summed E-state index contributed by atoms with van der Waals surface area (Å²) < 4.78 is 11.6. The molecule has 0 unspecified atom stereocenters. The van der Waals surface area contributed by atoms with Gasteiger partial charge >= 0.3 is 0 Å². The Morgan fingerprint density at radius 2 is 1.12 bits per heavy atom. The van der Waals surface area contributed by atoms with Gasteiger partial charge in [-0.3, -0.25) is 0 Å². The second-order valence-electron chi connectivity index (χ2n) is 10.5. The van der Waals surface area contributed by atoms with E-state index in [9.17, 15) is 0 Å². The van der Waals surface area contributed by atoms with E-state index in [1.165, 1.54) is 42.4 Å². The summed E-state index contributed by atoms with van der Waals surface area (Å²) in [5.41, 5.74) is 10.1. The molecule has 0 bridgehead atoms. The van der Waals surface area contributed by atoms with Crippen LogP contribution in [0.25, 0.3) is 81.1 Å². The Kier molecular flexibility index (Phi) is 4.80. The summed E-state index contributed by atoms with van der Waals surface area (Å²) >= 11 is 1.86. The lowest BCUT2D eigenvalue weighted by Crippen LogP contribution is -1.93. The van der Waals surface area contributed by atoms with Crippen molar-refractivity contribution in [2.24, 2.45) is 0 Å². The highest BCUT2D eigenvalue weighted by atomic mass is 32.1. The van der Waals surface area contributed by atoms with E-state index in [-0.39, 0.29) is 0 Å². The Bertz CT molecular complexity index is 2410. The van der Waals surface area contributed by atoms with Crippen LogP contribution in [0.2, 0.25) is 0 Å². The SMILES string of the molecule is c1ccc(-n2c3ccccc3c3oc4cccc(-c5ccc(-c6cccc7sc8ccccc8c67)cc5)c4c32)cc1. The number of para-hydroxylation sites is 2. The molecule has 0 atom stereocenters. The molecule has 0 aliphatic rings. The molecular formula is C38H23NOS. The summed E-state index contributed by atoms with van der Waals surface area (Å²) in [6, 6.07) is 49.9. The number of fused-ring (bicyclic) bond motifs is 8. The van der Waals surface area contributed by atoms with Gasteiger partial charge in [0.05, 0.1) is 10.9 Å². The van der Waals surface area contributed by atoms with Gasteiger partial charge in [0.2, 0.25) is 0 Å². The molecule has 9 aromatic rings. The van der Waals surface area contributed by atoms with Gasteiger partial charge in [-0.15, -0.1) is 11.3 Å². The van der Waals surface area contributed by atoms with Crippen molar-refractivity contribution in [3.05, 3.63) is 140 Å². The van der Waals surface area contributed by atoms with Crippen LogP contribution in [0.3, 0.4) is 0 Å². The first kappa shape index (κ1) is 22.7. The van der Waals surface area contributed by atoms with Crippen molar-refractivity contribution >= 4 is 64.5 Å². The van der Waals surface area contributed by atoms with Gasteiger partial charge in [0.25, 0.3) is 0 Å². The number of nitrogens with zero attached hydrogens (tertiary/aromatic N) is 1. The lowest BCUT2D eigenvalue weighted by molar-refractivity contribution is 0.673. The maximum Gasteiger partial charge on any atom is 0.161 e. The van der Waals surface area contributed by atoms with Crippen LogP contribution in [0.15, 0.2) is 144 Å². The first-order chi connectivity index (χ1) is 20.3. The van der Waals surface area contributed by atoms with E-state index in [2.05, 4.69) is 144 Å². The predicted octanol–water partition coefficient (Wildman–Crippen LogP) is 11.2. The fourth-order valence-corrected chi connectivity index (χ4v) is 7.57. The molecule has 0 saturated carbocycles. The predicted molar refractivity (Wildman–Crippen MR) is 174 cm³/mol. The first-order valence-electron chi connectivity index (χ1n) is 13.9. The molecule has 0 spiro atoms. The van der Waals surface area contributed by atoms with Crippen LogP contribution in [0.5, 0.6) is 0 Å². The molecular weight excluding hydrogens is 518 g/mol. The minimum atomic E-state index is 0.904. The van der Waals surface area contributed by atoms with Crippen LogP contribution in [0.4, 0.5) is 0 Å². The van der Waals surface area contributed by atoms with E-state index in [1.807, 2.05) is 11.3 Å². The molecule has 192 valence electrons. The quantitative estimate of drug-likeness (QED) is 0.217. The molecule has 3 aromatic heterocycles. The molecule has 0 aliphatic carbocycles. The molecule has 0 aliphatic heterocycles. The molecule has 3 heterocycles. The number of thiophene rings is 1. The number of benzene rings is 6. The highest BCUT2D eigenvalue weighted by molar-refractivity contribution is 7.25. The molecule has 9 rings (SSSR count). The Hall–Kier alpha value is -5.12. The zero-order valence-corrected chi connectivity index (χ0v) is 22.9.